The second kappa shape index (κ2) is 5.42. The maximum atomic E-state index is 2.29. The van der Waals surface area contributed by atoms with Gasteiger partial charge in [-0.2, -0.15) is 11.8 Å². The molecule has 0 aliphatic rings. The minimum absolute atomic E-state index is 1.10. The van der Waals surface area contributed by atoms with E-state index in [9.17, 15) is 0 Å². The van der Waals surface area contributed by atoms with Gasteiger partial charge in [-0.3, -0.25) is 0 Å². The molecule has 0 atom stereocenters. The Morgan fingerprint density at radius 3 is 2.12 bits per heavy atom. The molecule has 2 aromatic rings. The predicted molar refractivity (Wildman–Crippen MR) is 78.6 cm³/mol. The average Bonchev–Trinajstić information content (AvgIpc) is 2.33. The van der Waals surface area contributed by atoms with Gasteiger partial charge >= 0.3 is 0 Å². The van der Waals surface area contributed by atoms with Crippen LogP contribution >= 0.6 is 11.8 Å². The molecule has 1 heteroatoms. The van der Waals surface area contributed by atoms with Gasteiger partial charge in [-0.25, -0.2) is 0 Å². The maximum absolute atomic E-state index is 2.29. The molecule has 0 aliphatic carbocycles. The molecule has 0 fully saturated rings. The van der Waals surface area contributed by atoms with Crippen LogP contribution in [0.25, 0.3) is 11.1 Å². The summed E-state index contributed by atoms with van der Waals surface area (Å²) < 4.78 is 0. The molecule has 2 aromatic carbocycles. The summed E-state index contributed by atoms with van der Waals surface area (Å²) in [5, 5.41) is 0. The highest BCUT2D eigenvalue weighted by molar-refractivity contribution is 7.97. The number of hydrogen-bond acceptors (Lipinski definition) is 1. The Kier molecular flexibility index (Phi) is 3.90. The topological polar surface area (TPSA) is 0 Å². The Morgan fingerprint density at radius 1 is 0.882 bits per heavy atom. The van der Waals surface area contributed by atoms with Crippen LogP contribution in [0.3, 0.4) is 0 Å². The van der Waals surface area contributed by atoms with E-state index in [-0.39, 0.29) is 0 Å². The summed E-state index contributed by atoms with van der Waals surface area (Å²) in [4.78, 5) is 0. The minimum Gasteiger partial charge on any atom is -0.161 e. The quantitative estimate of drug-likeness (QED) is 0.742. The first-order valence-corrected chi connectivity index (χ1v) is 7.25. The van der Waals surface area contributed by atoms with E-state index >= 15 is 0 Å². The summed E-state index contributed by atoms with van der Waals surface area (Å²) in [6.45, 7) is 4.32. The van der Waals surface area contributed by atoms with Gasteiger partial charge in [-0.1, -0.05) is 48.0 Å². The molecule has 0 radical (unpaired) electrons. The van der Waals surface area contributed by atoms with Gasteiger partial charge in [-0.15, -0.1) is 0 Å². The molecule has 0 saturated carbocycles. The highest BCUT2D eigenvalue weighted by atomic mass is 32.2. The second-order valence-electron chi connectivity index (χ2n) is 4.44. The molecule has 0 aliphatic heterocycles. The van der Waals surface area contributed by atoms with Crippen molar-refractivity contribution in [1.29, 1.82) is 0 Å². The number of rotatable bonds is 3. The van der Waals surface area contributed by atoms with Crippen LogP contribution in [0.15, 0.2) is 42.5 Å². The van der Waals surface area contributed by atoms with Crippen LogP contribution in [0, 0.1) is 13.8 Å². The lowest BCUT2D eigenvalue weighted by Crippen LogP contribution is -1.87. The Labute approximate surface area is 108 Å². The van der Waals surface area contributed by atoms with Crippen molar-refractivity contribution in [2.24, 2.45) is 0 Å². The summed E-state index contributed by atoms with van der Waals surface area (Å²) in [5.41, 5.74) is 6.75. The van der Waals surface area contributed by atoms with Gasteiger partial charge in [0.05, 0.1) is 0 Å². The van der Waals surface area contributed by atoms with Gasteiger partial charge < -0.3 is 0 Å². The molecule has 0 N–H and O–H groups in total. The van der Waals surface area contributed by atoms with Gasteiger partial charge in [0, 0.05) is 5.75 Å². The molecular formula is C16H18S. The lowest BCUT2D eigenvalue weighted by molar-refractivity contribution is 1.31. The van der Waals surface area contributed by atoms with Crippen LogP contribution in [0.1, 0.15) is 16.7 Å². The molecule has 0 unspecified atom stereocenters. The largest absolute Gasteiger partial charge is 0.161 e. The highest BCUT2D eigenvalue weighted by Gasteiger charge is 2.01. The van der Waals surface area contributed by atoms with E-state index in [0.717, 1.165) is 5.75 Å². The molecule has 0 amide bonds. The van der Waals surface area contributed by atoms with Crippen molar-refractivity contribution in [1.82, 2.24) is 0 Å². The van der Waals surface area contributed by atoms with Crippen molar-refractivity contribution in [3.63, 3.8) is 0 Å². The fraction of sp³-hybridized carbons (Fsp3) is 0.250. The fourth-order valence-electron chi connectivity index (χ4n) is 1.94. The normalized spacial score (nSPS) is 10.5. The van der Waals surface area contributed by atoms with Gasteiger partial charge in [0.15, 0.2) is 0 Å². The number of thioether (sulfide) groups is 1. The first-order valence-electron chi connectivity index (χ1n) is 5.86. The van der Waals surface area contributed by atoms with Crippen LogP contribution in [-0.4, -0.2) is 6.26 Å². The smallest absolute Gasteiger partial charge is 0.0184 e. The Hall–Kier alpha value is -1.21. The first kappa shape index (κ1) is 12.3. The van der Waals surface area contributed by atoms with E-state index < -0.39 is 0 Å². The van der Waals surface area contributed by atoms with Crippen LogP contribution in [0.2, 0.25) is 0 Å². The third-order valence-corrected chi connectivity index (χ3v) is 3.63. The Morgan fingerprint density at radius 2 is 1.53 bits per heavy atom. The lowest BCUT2D eigenvalue weighted by Gasteiger charge is -2.08. The van der Waals surface area contributed by atoms with Crippen molar-refractivity contribution in [3.05, 3.63) is 59.2 Å². The second-order valence-corrected chi connectivity index (χ2v) is 5.31. The van der Waals surface area contributed by atoms with Crippen molar-refractivity contribution >= 4 is 11.8 Å². The summed E-state index contributed by atoms with van der Waals surface area (Å²) >= 11 is 1.87. The van der Waals surface area contributed by atoms with E-state index in [1.54, 1.807) is 0 Å². The first-order chi connectivity index (χ1) is 8.20. The number of aryl methyl sites for hydroxylation is 2. The van der Waals surface area contributed by atoms with E-state index in [2.05, 4.69) is 62.6 Å². The number of hydrogen-bond donors (Lipinski definition) is 0. The van der Waals surface area contributed by atoms with Gasteiger partial charge in [0.25, 0.3) is 0 Å². The van der Waals surface area contributed by atoms with E-state index in [4.69, 9.17) is 0 Å². The van der Waals surface area contributed by atoms with Gasteiger partial charge in [-0.05, 0) is 42.4 Å². The fourth-order valence-corrected chi connectivity index (χ4v) is 2.57. The number of benzene rings is 2. The molecule has 88 valence electrons. The van der Waals surface area contributed by atoms with Crippen LogP contribution in [-0.2, 0) is 5.75 Å². The van der Waals surface area contributed by atoms with E-state index in [1.807, 2.05) is 11.8 Å². The summed E-state index contributed by atoms with van der Waals surface area (Å²) in [6.07, 6.45) is 2.15. The Balaban J connectivity index is 2.34. The summed E-state index contributed by atoms with van der Waals surface area (Å²) in [6, 6.07) is 15.5. The standard InChI is InChI=1S/C16H18S/c1-12-4-6-14(7-5-12)15-8-9-16(11-17-3)13(2)10-15/h4-10H,11H2,1-3H3. The van der Waals surface area contributed by atoms with Crippen LogP contribution in [0.4, 0.5) is 0 Å². The SMILES string of the molecule is CSCc1ccc(-c2ccc(C)cc2)cc1C. The van der Waals surface area contributed by atoms with Crippen molar-refractivity contribution < 1.29 is 0 Å². The molecule has 2 rings (SSSR count). The monoisotopic (exact) mass is 242 g/mol. The molecular weight excluding hydrogens is 224 g/mol. The van der Waals surface area contributed by atoms with E-state index in [0.29, 0.717) is 0 Å². The minimum atomic E-state index is 1.10. The van der Waals surface area contributed by atoms with Crippen LogP contribution in [0.5, 0.6) is 0 Å². The van der Waals surface area contributed by atoms with Crippen molar-refractivity contribution in [3.8, 4) is 11.1 Å². The van der Waals surface area contributed by atoms with Gasteiger partial charge in [0.2, 0.25) is 0 Å². The third kappa shape index (κ3) is 2.92. The maximum Gasteiger partial charge on any atom is 0.0184 e. The summed E-state index contributed by atoms with van der Waals surface area (Å²) in [5.74, 6) is 1.10. The molecule has 0 saturated heterocycles. The Bertz CT molecular complexity index is 497. The molecule has 0 heterocycles. The molecule has 0 aromatic heterocycles. The molecule has 0 spiro atoms. The molecule has 0 nitrogen and oxygen atoms in total. The van der Waals surface area contributed by atoms with Crippen molar-refractivity contribution in [2.45, 2.75) is 19.6 Å². The van der Waals surface area contributed by atoms with E-state index in [1.165, 1.54) is 27.8 Å². The third-order valence-electron chi connectivity index (χ3n) is 3.03. The zero-order chi connectivity index (χ0) is 12.3. The van der Waals surface area contributed by atoms with Crippen LogP contribution < -0.4 is 0 Å². The zero-order valence-corrected chi connectivity index (χ0v) is 11.5. The lowest BCUT2D eigenvalue weighted by atomic mass is 10.00. The predicted octanol–water partition coefficient (Wildman–Crippen LogP) is 4.83. The van der Waals surface area contributed by atoms with Crippen molar-refractivity contribution in [2.75, 3.05) is 6.26 Å². The summed E-state index contributed by atoms with van der Waals surface area (Å²) in [7, 11) is 0. The zero-order valence-electron chi connectivity index (χ0n) is 10.7. The average molecular weight is 242 g/mol. The molecule has 17 heavy (non-hydrogen) atoms. The molecule has 0 bridgehead atoms. The highest BCUT2D eigenvalue weighted by Crippen LogP contribution is 2.24. The van der Waals surface area contributed by atoms with Gasteiger partial charge in [0.1, 0.15) is 0 Å².